The maximum absolute atomic E-state index is 13.9. The van der Waals surface area contributed by atoms with Crippen molar-refractivity contribution in [2.45, 2.75) is 6.54 Å². The van der Waals surface area contributed by atoms with Crippen molar-refractivity contribution >= 4 is 35.0 Å². The lowest BCUT2D eigenvalue weighted by Gasteiger charge is -2.25. The molecule has 0 unspecified atom stereocenters. The summed E-state index contributed by atoms with van der Waals surface area (Å²) in [6.45, 7) is 0.208. The van der Waals surface area contributed by atoms with E-state index in [4.69, 9.17) is 30.5 Å². The number of nitrogens with one attached hydrogen (secondary N) is 2. The highest BCUT2D eigenvalue weighted by Crippen LogP contribution is 2.41. The Balaban J connectivity index is 1.58. The molecular weight excluding hydrogens is 574 g/mol. The predicted octanol–water partition coefficient (Wildman–Crippen LogP) is 5.30. The van der Waals surface area contributed by atoms with Gasteiger partial charge >= 0.3 is 0 Å². The molecule has 0 aliphatic carbocycles. The van der Waals surface area contributed by atoms with Crippen LogP contribution in [0.1, 0.15) is 36.6 Å². The van der Waals surface area contributed by atoms with Gasteiger partial charge in [-0.05, 0) is 60.2 Å². The first-order valence-electron chi connectivity index (χ1n) is 13.0. The third-order valence-corrected chi connectivity index (χ3v) is 6.71. The molecule has 10 nitrogen and oxygen atoms in total. The molecule has 0 bridgehead atoms. The minimum Gasteiger partial charge on any atom is -0.497 e. The third-order valence-electron chi connectivity index (χ3n) is 6.48. The normalized spacial score (nSPS) is 10.3. The molecule has 0 spiro atoms. The second-order valence-corrected chi connectivity index (χ2v) is 9.56. The van der Waals surface area contributed by atoms with Crippen LogP contribution in [0.25, 0.3) is 0 Å². The monoisotopic (exact) mass is 603 g/mol. The first-order chi connectivity index (χ1) is 20.8. The molecule has 43 heavy (non-hydrogen) atoms. The van der Waals surface area contributed by atoms with Crippen molar-refractivity contribution in [3.8, 4) is 23.0 Å². The maximum atomic E-state index is 13.9. The summed E-state index contributed by atoms with van der Waals surface area (Å²) in [5, 5.41) is 0.395. The van der Waals surface area contributed by atoms with Crippen LogP contribution in [0.2, 0.25) is 5.02 Å². The lowest BCUT2D eigenvalue weighted by Crippen LogP contribution is -2.41. The topological polar surface area (TPSA) is 115 Å². The number of halogens is 1. The van der Waals surface area contributed by atoms with E-state index in [-0.39, 0.29) is 23.6 Å². The average Bonchev–Trinajstić information content (AvgIpc) is 3.05. The lowest BCUT2D eigenvalue weighted by atomic mass is 10.1. The second-order valence-electron chi connectivity index (χ2n) is 9.12. The highest BCUT2D eigenvalue weighted by Gasteiger charge is 2.23. The molecule has 222 valence electrons. The first kappa shape index (κ1) is 30.7. The van der Waals surface area contributed by atoms with Gasteiger partial charge in [-0.2, -0.15) is 0 Å². The van der Waals surface area contributed by atoms with Crippen LogP contribution >= 0.6 is 11.6 Å². The van der Waals surface area contributed by atoms with E-state index < -0.39 is 11.8 Å². The number of carbonyl (C=O) groups excluding carboxylic acids is 3. The van der Waals surface area contributed by atoms with Crippen LogP contribution in [0.5, 0.6) is 23.0 Å². The molecule has 4 aromatic rings. The van der Waals surface area contributed by atoms with E-state index in [9.17, 15) is 14.4 Å². The maximum Gasteiger partial charge on any atom is 0.269 e. The molecule has 2 N–H and O–H groups in total. The van der Waals surface area contributed by atoms with Crippen LogP contribution in [0.4, 0.5) is 5.69 Å². The van der Waals surface area contributed by atoms with Crippen LogP contribution in [0.15, 0.2) is 84.9 Å². The van der Waals surface area contributed by atoms with Crippen molar-refractivity contribution < 1.29 is 33.3 Å². The van der Waals surface area contributed by atoms with Crippen molar-refractivity contribution in [3.63, 3.8) is 0 Å². The first-order valence-corrected chi connectivity index (χ1v) is 13.4. The van der Waals surface area contributed by atoms with Gasteiger partial charge in [0.15, 0.2) is 11.5 Å². The van der Waals surface area contributed by atoms with Crippen LogP contribution in [0.3, 0.4) is 0 Å². The number of hydrogen-bond donors (Lipinski definition) is 2. The Labute approximate surface area is 254 Å². The van der Waals surface area contributed by atoms with Crippen molar-refractivity contribution in [2.24, 2.45) is 0 Å². The Morgan fingerprint density at radius 2 is 1.26 bits per heavy atom. The minimum absolute atomic E-state index is 0.208. The number of amides is 3. The van der Waals surface area contributed by atoms with Crippen LogP contribution in [-0.4, -0.2) is 46.2 Å². The van der Waals surface area contributed by atoms with E-state index in [1.807, 2.05) is 24.3 Å². The fourth-order valence-electron chi connectivity index (χ4n) is 4.22. The molecule has 4 aromatic carbocycles. The van der Waals surface area contributed by atoms with E-state index in [2.05, 4.69) is 10.9 Å². The van der Waals surface area contributed by atoms with Gasteiger partial charge in [-0.3, -0.25) is 25.2 Å². The van der Waals surface area contributed by atoms with E-state index in [1.165, 1.54) is 51.7 Å². The van der Waals surface area contributed by atoms with Gasteiger partial charge in [-0.25, -0.2) is 0 Å². The summed E-state index contributed by atoms with van der Waals surface area (Å²) in [6, 6.07) is 23.1. The molecular formula is C32H30ClN3O7. The van der Waals surface area contributed by atoms with Gasteiger partial charge in [0, 0.05) is 33.8 Å². The van der Waals surface area contributed by atoms with E-state index >= 15 is 0 Å². The summed E-state index contributed by atoms with van der Waals surface area (Å²) in [6.07, 6.45) is 0. The Hall–Kier alpha value is -5.22. The fourth-order valence-corrected chi connectivity index (χ4v) is 4.41. The number of methoxy groups -OCH3 is 4. The van der Waals surface area contributed by atoms with Crippen molar-refractivity contribution in [1.82, 2.24) is 10.9 Å². The quantitative estimate of drug-likeness (QED) is 0.237. The van der Waals surface area contributed by atoms with Crippen LogP contribution in [-0.2, 0) is 6.54 Å². The molecule has 0 aliphatic heterocycles. The summed E-state index contributed by atoms with van der Waals surface area (Å²) in [5.74, 6) is 0.422. The smallest absolute Gasteiger partial charge is 0.269 e. The summed E-state index contributed by atoms with van der Waals surface area (Å²) in [4.78, 5) is 40.5. The van der Waals surface area contributed by atoms with Gasteiger partial charge < -0.3 is 23.8 Å². The average molecular weight is 604 g/mol. The predicted molar refractivity (Wildman–Crippen MR) is 162 cm³/mol. The van der Waals surface area contributed by atoms with Crippen molar-refractivity contribution in [1.29, 1.82) is 0 Å². The molecule has 0 saturated heterocycles. The summed E-state index contributed by atoms with van der Waals surface area (Å²) in [7, 11) is 6.08. The minimum atomic E-state index is -0.561. The number of rotatable bonds is 10. The Morgan fingerprint density at radius 3 is 1.79 bits per heavy atom. The summed E-state index contributed by atoms with van der Waals surface area (Å²) >= 11 is 5.93. The van der Waals surface area contributed by atoms with Gasteiger partial charge in [-0.1, -0.05) is 29.8 Å². The SMILES string of the molecule is COc1ccc(CN(C(=O)c2ccc(C(=O)NNC(=O)c3cccc(Cl)c3)cc2)c2cc(OC)c(OC)c(OC)c2)cc1. The fraction of sp³-hybridized carbons (Fsp3) is 0.156. The largest absolute Gasteiger partial charge is 0.497 e. The van der Waals surface area contributed by atoms with Gasteiger partial charge in [-0.15, -0.1) is 0 Å². The molecule has 0 aliphatic rings. The number of hydrogen-bond acceptors (Lipinski definition) is 7. The van der Waals surface area contributed by atoms with Crippen molar-refractivity contribution in [2.75, 3.05) is 33.3 Å². The Bertz CT molecular complexity index is 1580. The molecule has 4 rings (SSSR count). The molecule has 0 saturated carbocycles. The number of ether oxygens (including phenoxy) is 4. The van der Waals surface area contributed by atoms with Gasteiger partial charge in [0.1, 0.15) is 5.75 Å². The standard InChI is InChI=1S/C32H30ClN3O7/c1-40-26-14-8-20(9-15-26)19-36(25-17-27(41-2)29(43-4)28(18-25)42-3)32(39)22-12-10-21(11-13-22)30(37)34-35-31(38)23-6-5-7-24(33)16-23/h5-18H,19H2,1-4H3,(H,34,37)(H,35,38). The van der Waals surface area contributed by atoms with Gasteiger partial charge in [0.25, 0.3) is 17.7 Å². The van der Waals surface area contributed by atoms with Gasteiger partial charge in [0.2, 0.25) is 5.75 Å². The zero-order valence-electron chi connectivity index (χ0n) is 24.0. The summed E-state index contributed by atoms with van der Waals surface area (Å²) in [5.41, 5.74) is 6.91. The highest BCUT2D eigenvalue weighted by atomic mass is 35.5. The van der Waals surface area contributed by atoms with Gasteiger partial charge in [0.05, 0.1) is 40.7 Å². The number of hydrazine groups is 1. The molecule has 0 aromatic heterocycles. The lowest BCUT2D eigenvalue weighted by molar-refractivity contribution is 0.0846. The zero-order chi connectivity index (χ0) is 30.9. The molecule has 0 fully saturated rings. The number of anilines is 1. The summed E-state index contributed by atoms with van der Waals surface area (Å²) < 4.78 is 21.7. The van der Waals surface area contributed by atoms with Crippen LogP contribution in [0, 0.1) is 0 Å². The molecule has 0 heterocycles. The van der Waals surface area contributed by atoms with E-state index in [0.29, 0.717) is 39.3 Å². The highest BCUT2D eigenvalue weighted by molar-refractivity contribution is 6.31. The van der Waals surface area contributed by atoms with Crippen LogP contribution < -0.4 is 34.7 Å². The van der Waals surface area contributed by atoms with Crippen molar-refractivity contribution in [3.05, 3.63) is 112 Å². The Morgan fingerprint density at radius 1 is 0.674 bits per heavy atom. The number of carbonyl (C=O) groups is 3. The molecule has 0 radical (unpaired) electrons. The molecule has 11 heteroatoms. The van der Waals surface area contributed by atoms with E-state index in [0.717, 1.165) is 5.56 Å². The van der Waals surface area contributed by atoms with E-state index in [1.54, 1.807) is 42.3 Å². The number of benzene rings is 4. The Kier molecular flexibility index (Phi) is 10.1. The third kappa shape index (κ3) is 7.35. The number of nitrogens with zero attached hydrogens (tertiary/aromatic N) is 1. The molecule has 3 amide bonds. The zero-order valence-corrected chi connectivity index (χ0v) is 24.7. The second kappa shape index (κ2) is 14.1. The molecule has 0 atom stereocenters.